The van der Waals surface area contributed by atoms with Crippen LogP contribution < -0.4 is 14.5 Å². The Hall–Kier alpha value is -3.36. The Kier molecular flexibility index (Phi) is 7.73. The molecule has 0 fully saturated rings. The van der Waals surface area contributed by atoms with Crippen molar-refractivity contribution in [2.45, 2.75) is 11.4 Å². The number of rotatable bonds is 9. The molecule has 0 aliphatic rings. The highest BCUT2D eigenvalue weighted by Gasteiger charge is 2.27. The monoisotopic (exact) mass is 484 g/mol. The maximum Gasteiger partial charge on any atom is 0.266 e. The molecule has 0 atom stereocenters. The van der Waals surface area contributed by atoms with Crippen LogP contribution in [0.15, 0.2) is 84.4 Å². The van der Waals surface area contributed by atoms with E-state index in [0.717, 1.165) is 11.4 Å². The maximum atomic E-state index is 13.4. The van der Waals surface area contributed by atoms with Gasteiger partial charge in [0, 0.05) is 32.4 Å². The summed E-state index contributed by atoms with van der Waals surface area (Å²) in [5.41, 5.74) is 1.52. The lowest BCUT2D eigenvalue weighted by Crippen LogP contribution is -2.31. The molecule has 1 heterocycles. The molecule has 0 aliphatic heterocycles. The molecule has 0 aliphatic carbocycles. The van der Waals surface area contributed by atoms with E-state index in [-0.39, 0.29) is 28.6 Å². The number of amides is 1. The van der Waals surface area contributed by atoms with Crippen molar-refractivity contribution in [1.82, 2.24) is 10.3 Å². The predicted octanol–water partition coefficient (Wildman–Crippen LogP) is 4.11. The van der Waals surface area contributed by atoms with E-state index in [1.54, 1.807) is 42.6 Å². The van der Waals surface area contributed by atoms with Crippen LogP contribution in [0.25, 0.3) is 0 Å². The van der Waals surface area contributed by atoms with Crippen LogP contribution in [0.2, 0.25) is 5.02 Å². The molecular formula is C24H25ClN4O3S. The van der Waals surface area contributed by atoms with E-state index in [4.69, 9.17) is 11.6 Å². The van der Waals surface area contributed by atoms with Crippen LogP contribution in [0.4, 0.5) is 11.5 Å². The summed E-state index contributed by atoms with van der Waals surface area (Å²) in [5, 5.41) is 2.84. The van der Waals surface area contributed by atoms with Gasteiger partial charge in [0.05, 0.1) is 17.3 Å². The summed E-state index contributed by atoms with van der Waals surface area (Å²) in [7, 11) is -0.288. The topological polar surface area (TPSA) is 82.6 Å². The Morgan fingerprint density at radius 3 is 2.52 bits per heavy atom. The van der Waals surface area contributed by atoms with Gasteiger partial charge >= 0.3 is 0 Å². The Balaban J connectivity index is 1.87. The normalized spacial score (nSPS) is 11.0. The summed E-state index contributed by atoms with van der Waals surface area (Å²) in [6.07, 6.45) is 3.16. The number of nitrogens with zero attached hydrogens (tertiary/aromatic N) is 3. The van der Waals surface area contributed by atoms with E-state index in [1.807, 2.05) is 25.1 Å². The summed E-state index contributed by atoms with van der Waals surface area (Å²) < 4.78 is 28.1. The number of aromatic nitrogens is 1. The third kappa shape index (κ3) is 5.71. The second-order valence-corrected chi connectivity index (χ2v) is 9.64. The van der Waals surface area contributed by atoms with Crippen LogP contribution in [0.5, 0.6) is 0 Å². The smallest absolute Gasteiger partial charge is 0.266 e. The number of pyridine rings is 1. The number of hydrogen-bond donors (Lipinski definition) is 1. The molecule has 1 amide bonds. The lowest BCUT2D eigenvalue weighted by atomic mass is 10.2. The van der Waals surface area contributed by atoms with Crippen molar-refractivity contribution in [1.29, 1.82) is 0 Å². The van der Waals surface area contributed by atoms with Crippen molar-refractivity contribution in [2.75, 3.05) is 29.8 Å². The Labute approximate surface area is 199 Å². The minimum absolute atomic E-state index is 0.0290. The van der Waals surface area contributed by atoms with Gasteiger partial charge in [-0.15, -0.1) is 6.58 Å². The number of nitrogens with one attached hydrogen (secondary N) is 1. The Bertz CT molecular complexity index is 1250. The fraction of sp³-hybridized carbons (Fsp3) is 0.167. The second kappa shape index (κ2) is 10.5. The highest BCUT2D eigenvalue weighted by molar-refractivity contribution is 7.93. The van der Waals surface area contributed by atoms with Crippen molar-refractivity contribution in [3.63, 3.8) is 0 Å². The zero-order valence-corrected chi connectivity index (χ0v) is 20.0. The van der Waals surface area contributed by atoms with Gasteiger partial charge in [0.2, 0.25) is 0 Å². The van der Waals surface area contributed by atoms with Crippen LogP contribution in [-0.4, -0.2) is 39.9 Å². The fourth-order valence-corrected chi connectivity index (χ4v) is 5.05. The van der Waals surface area contributed by atoms with Crippen LogP contribution in [0.1, 0.15) is 15.9 Å². The average molecular weight is 485 g/mol. The summed E-state index contributed by atoms with van der Waals surface area (Å²) in [5.74, 6) is 0.353. The molecule has 0 radical (unpaired) electrons. The largest absolute Gasteiger partial charge is 0.363 e. The molecule has 1 N–H and O–H groups in total. The molecule has 3 aromatic rings. The molecule has 172 valence electrons. The summed E-state index contributed by atoms with van der Waals surface area (Å²) in [6, 6.07) is 16.5. The molecule has 3 rings (SSSR count). The molecule has 2 aromatic carbocycles. The van der Waals surface area contributed by atoms with Gasteiger partial charge in [-0.1, -0.05) is 35.9 Å². The van der Waals surface area contributed by atoms with Gasteiger partial charge < -0.3 is 10.2 Å². The van der Waals surface area contributed by atoms with E-state index < -0.39 is 15.9 Å². The van der Waals surface area contributed by atoms with Gasteiger partial charge in [-0.05, 0) is 48.0 Å². The molecule has 0 unspecified atom stereocenters. The first-order valence-corrected chi connectivity index (χ1v) is 11.9. The zero-order valence-electron chi connectivity index (χ0n) is 18.4. The van der Waals surface area contributed by atoms with E-state index in [1.165, 1.54) is 28.6 Å². The number of sulfonamides is 1. The standard InChI is InChI=1S/C24H25ClN4O3S/c1-4-14-29(20-8-6-5-7-9-20)33(31,32)22-16-19(10-11-21(22)25)24(30)27-17-18-12-13-26-23(15-18)28(2)3/h4-13,15-16H,1,14,17H2,2-3H3,(H,27,30). The molecule has 1 aromatic heterocycles. The lowest BCUT2D eigenvalue weighted by molar-refractivity contribution is 0.0950. The average Bonchev–Trinajstić information content (AvgIpc) is 2.81. The third-order valence-electron chi connectivity index (χ3n) is 4.82. The van der Waals surface area contributed by atoms with Crippen molar-refractivity contribution < 1.29 is 13.2 Å². The molecule has 0 saturated carbocycles. The third-order valence-corrected chi connectivity index (χ3v) is 7.10. The summed E-state index contributed by atoms with van der Waals surface area (Å²) in [6.45, 7) is 3.98. The highest BCUT2D eigenvalue weighted by Crippen LogP contribution is 2.29. The summed E-state index contributed by atoms with van der Waals surface area (Å²) >= 11 is 6.26. The van der Waals surface area contributed by atoms with Crippen LogP contribution in [-0.2, 0) is 16.6 Å². The number of carbonyl (C=O) groups excluding carboxylic acids is 1. The number of anilines is 2. The van der Waals surface area contributed by atoms with Crippen LogP contribution >= 0.6 is 11.6 Å². The van der Waals surface area contributed by atoms with E-state index in [9.17, 15) is 13.2 Å². The number of halogens is 1. The number of hydrogen-bond acceptors (Lipinski definition) is 5. The van der Waals surface area contributed by atoms with Gasteiger partial charge in [-0.3, -0.25) is 9.10 Å². The minimum atomic E-state index is -4.05. The molecular weight excluding hydrogens is 460 g/mol. The molecule has 33 heavy (non-hydrogen) atoms. The SMILES string of the molecule is C=CCN(c1ccccc1)S(=O)(=O)c1cc(C(=O)NCc2ccnc(N(C)C)c2)ccc1Cl. The molecule has 9 heteroatoms. The van der Waals surface area contributed by atoms with Crippen LogP contribution in [0, 0.1) is 0 Å². The van der Waals surface area contributed by atoms with Gasteiger partial charge in [0.1, 0.15) is 10.7 Å². The molecule has 0 saturated heterocycles. The predicted molar refractivity (Wildman–Crippen MR) is 132 cm³/mol. The van der Waals surface area contributed by atoms with Crippen LogP contribution in [0.3, 0.4) is 0 Å². The number of benzene rings is 2. The van der Waals surface area contributed by atoms with Gasteiger partial charge in [-0.25, -0.2) is 13.4 Å². The molecule has 7 nitrogen and oxygen atoms in total. The maximum absolute atomic E-state index is 13.4. The van der Waals surface area contributed by atoms with Crippen molar-refractivity contribution in [2.24, 2.45) is 0 Å². The Morgan fingerprint density at radius 1 is 1.12 bits per heavy atom. The molecule has 0 bridgehead atoms. The van der Waals surface area contributed by atoms with Crippen molar-refractivity contribution in [3.05, 3.63) is 95.7 Å². The van der Waals surface area contributed by atoms with Gasteiger partial charge in [0.15, 0.2) is 0 Å². The minimum Gasteiger partial charge on any atom is -0.363 e. The zero-order chi connectivity index (χ0) is 24.0. The second-order valence-electron chi connectivity index (χ2n) is 7.40. The first kappa shape index (κ1) is 24.3. The molecule has 0 spiro atoms. The first-order chi connectivity index (χ1) is 15.7. The number of carbonyl (C=O) groups is 1. The van der Waals surface area contributed by atoms with Crippen molar-refractivity contribution >= 4 is 39.0 Å². The van der Waals surface area contributed by atoms with E-state index >= 15 is 0 Å². The number of para-hydroxylation sites is 1. The summed E-state index contributed by atoms with van der Waals surface area (Å²) in [4.78, 5) is 18.8. The Morgan fingerprint density at radius 2 is 1.85 bits per heavy atom. The van der Waals surface area contributed by atoms with Crippen molar-refractivity contribution in [3.8, 4) is 0 Å². The van der Waals surface area contributed by atoms with Gasteiger partial charge in [0.25, 0.3) is 15.9 Å². The fourth-order valence-electron chi connectivity index (χ4n) is 3.11. The highest BCUT2D eigenvalue weighted by atomic mass is 35.5. The van der Waals surface area contributed by atoms with E-state index in [0.29, 0.717) is 5.69 Å². The quantitative estimate of drug-likeness (QED) is 0.462. The van der Waals surface area contributed by atoms with Gasteiger partial charge in [-0.2, -0.15) is 0 Å². The lowest BCUT2D eigenvalue weighted by Gasteiger charge is -2.24. The van der Waals surface area contributed by atoms with E-state index in [2.05, 4.69) is 16.9 Å². The first-order valence-electron chi connectivity index (χ1n) is 10.1.